The molecule has 1 amide bonds. The largest absolute Gasteiger partial charge is 0.454 e. The van der Waals surface area contributed by atoms with Crippen LogP contribution >= 0.6 is 12.2 Å². The fraction of sp³-hybridized carbons (Fsp3) is 0.375. The maximum atomic E-state index is 12.9. The van der Waals surface area contributed by atoms with Crippen molar-refractivity contribution in [1.29, 1.82) is 0 Å². The van der Waals surface area contributed by atoms with Crippen LogP contribution in [-0.2, 0) is 17.9 Å². The lowest BCUT2D eigenvalue weighted by Crippen LogP contribution is -2.48. The van der Waals surface area contributed by atoms with Crippen molar-refractivity contribution < 1.29 is 14.3 Å². The highest BCUT2D eigenvalue weighted by Crippen LogP contribution is 2.32. The maximum Gasteiger partial charge on any atom is 0.231 e. The zero-order chi connectivity index (χ0) is 22.8. The molecule has 0 bridgehead atoms. The number of hydrogen-bond donors (Lipinski definition) is 1. The second-order valence-electron chi connectivity index (χ2n) is 8.47. The molecule has 172 valence electrons. The van der Waals surface area contributed by atoms with Gasteiger partial charge >= 0.3 is 0 Å². The number of aromatic amines is 1. The van der Waals surface area contributed by atoms with Crippen LogP contribution in [0.4, 0.5) is 0 Å². The van der Waals surface area contributed by atoms with Gasteiger partial charge in [-0.2, -0.15) is 5.10 Å². The first kappa shape index (κ1) is 21.7. The van der Waals surface area contributed by atoms with Crippen LogP contribution in [0.25, 0.3) is 11.4 Å². The van der Waals surface area contributed by atoms with Crippen molar-refractivity contribution in [3.05, 3.63) is 58.4 Å². The first-order valence-corrected chi connectivity index (χ1v) is 11.6. The molecule has 3 heterocycles. The number of rotatable bonds is 6. The summed E-state index contributed by atoms with van der Waals surface area (Å²) in [7, 11) is 0. The second kappa shape index (κ2) is 9.36. The molecule has 9 heteroatoms. The summed E-state index contributed by atoms with van der Waals surface area (Å²) in [5, 5.41) is 7.26. The maximum absolute atomic E-state index is 12.9. The van der Waals surface area contributed by atoms with Crippen molar-refractivity contribution in [3.8, 4) is 22.9 Å². The number of amides is 1. The lowest BCUT2D eigenvalue weighted by Gasteiger charge is -2.35. The Morgan fingerprint density at radius 2 is 1.91 bits per heavy atom. The molecule has 3 aromatic rings. The van der Waals surface area contributed by atoms with Crippen LogP contribution in [0.2, 0.25) is 0 Å². The lowest BCUT2D eigenvalue weighted by atomic mass is 10.1. The van der Waals surface area contributed by atoms with Gasteiger partial charge in [0.15, 0.2) is 22.1 Å². The van der Waals surface area contributed by atoms with Crippen LogP contribution in [0.5, 0.6) is 11.5 Å². The van der Waals surface area contributed by atoms with E-state index in [1.165, 1.54) is 5.56 Å². The molecule has 1 saturated heterocycles. The third-order valence-electron chi connectivity index (χ3n) is 6.15. The van der Waals surface area contributed by atoms with Crippen LogP contribution in [0, 0.1) is 11.7 Å². The van der Waals surface area contributed by atoms with Gasteiger partial charge in [-0.05, 0) is 42.9 Å². The van der Waals surface area contributed by atoms with Gasteiger partial charge in [0.05, 0.1) is 0 Å². The highest BCUT2D eigenvalue weighted by Gasteiger charge is 2.22. The summed E-state index contributed by atoms with van der Waals surface area (Å²) in [6, 6.07) is 14.2. The number of fused-ring (bicyclic) bond motifs is 1. The first-order chi connectivity index (χ1) is 16.1. The highest BCUT2D eigenvalue weighted by atomic mass is 32.1. The number of aryl methyl sites for hydroxylation is 1. The topological polar surface area (TPSA) is 75.6 Å². The third kappa shape index (κ3) is 4.79. The third-order valence-corrected chi connectivity index (χ3v) is 6.46. The Morgan fingerprint density at radius 3 is 2.73 bits per heavy atom. The zero-order valence-corrected chi connectivity index (χ0v) is 19.4. The van der Waals surface area contributed by atoms with Crippen molar-refractivity contribution in [1.82, 2.24) is 24.6 Å². The summed E-state index contributed by atoms with van der Waals surface area (Å²) in [6.45, 7) is 6.83. The van der Waals surface area contributed by atoms with E-state index in [9.17, 15) is 4.79 Å². The van der Waals surface area contributed by atoms with E-state index in [-0.39, 0.29) is 12.7 Å². The lowest BCUT2D eigenvalue weighted by molar-refractivity contribution is -0.133. The van der Waals surface area contributed by atoms with Crippen molar-refractivity contribution in [3.63, 3.8) is 0 Å². The number of hydrogen-bond acceptors (Lipinski definition) is 6. The molecule has 0 aliphatic carbocycles. The predicted octanol–water partition coefficient (Wildman–Crippen LogP) is 3.38. The minimum absolute atomic E-state index is 0.149. The quantitative estimate of drug-likeness (QED) is 0.563. The van der Waals surface area contributed by atoms with Gasteiger partial charge in [-0.3, -0.25) is 19.4 Å². The molecule has 8 nitrogen and oxygen atoms in total. The second-order valence-corrected chi connectivity index (χ2v) is 8.85. The number of H-pyrrole nitrogens is 1. The Labute approximate surface area is 197 Å². The average Bonchev–Trinajstić information content (AvgIpc) is 3.44. The Bertz CT molecular complexity index is 1210. The van der Waals surface area contributed by atoms with Crippen molar-refractivity contribution >= 4 is 18.1 Å². The van der Waals surface area contributed by atoms with Crippen molar-refractivity contribution in [2.45, 2.75) is 26.4 Å². The molecule has 5 rings (SSSR count). The molecule has 1 fully saturated rings. The Kier molecular flexibility index (Phi) is 6.15. The summed E-state index contributed by atoms with van der Waals surface area (Å²) < 4.78 is 13.3. The zero-order valence-electron chi connectivity index (χ0n) is 18.6. The summed E-state index contributed by atoms with van der Waals surface area (Å²) >= 11 is 5.42. The van der Waals surface area contributed by atoms with Crippen LogP contribution < -0.4 is 9.47 Å². The van der Waals surface area contributed by atoms with E-state index in [1.54, 1.807) is 0 Å². The summed E-state index contributed by atoms with van der Waals surface area (Å²) in [5.41, 5.74) is 3.34. The molecule has 0 atom stereocenters. The highest BCUT2D eigenvalue weighted by molar-refractivity contribution is 7.71. The molecule has 2 aliphatic heterocycles. The molecular weight excluding hydrogens is 438 g/mol. The summed E-state index contributed by atoms with van der Waals surface area (Å²) in [4.78, 5) is 17.2. The minimum atomic E-state index is 0.149. The molecule has 0 spiro atoms. The van der Waals surface area contributed by atoms with Crippen LogP contribution in [0.15, 0.2) is 42.5 Å². The van der Waals surface area contributed by atoms with Gasteiger partial charge in [-0.25, -0.2) is 0 Å². The van der Waals surface area contributed by atoms with Crippen LogP contribution in [-0.4, -0.2) is 63.4 Å². The van der Waals surface area contributed by atoms with Crippen LogP contribution in [0.3, 0.4) is 0 Å². The molecule has 1 N–H and O–H groups in total. The molecule has 33 heavy (non-hydrogen) atoms. The Hall–Kier alpha value is -3.17. The van der Waals surface area contributed by atoms with Gasteiger partial charge in [-0.1, -0.05) is 29.8 Å². The molecule has 1 aromatic heterocycles. The Morgan fingerprint density at radius 1 is 1.09 bits per heavy atom. The standard InChI is InChI=1S/C24H27N5O3S/c1-17-3-2-4-19(13-17)23-25-26-24(33)29(23)8-7-22(30)28-11-9-27(10-12-28)15-18-5-6-20-21(14-18)32-16-31-20/h2-6,13-14H,7-12,15-16H2,1H3,(H,26,33). The van der Waals surface area contributed by atoms with Crippen molar-refractivity contribution in [2.24, 2.45) is 0 Å². The fourth-order valence-electron chi connectivity index (χ4n) is 4.35. The van der Waals surface area contributed by atoms with E-state index in [0.29, 0.717) is 17.7 Å². The smallest absolute Gasteiger partial charge is 0.231 e. The normalized spacial score (nSPS) is 15.7. The van der Waals surface area contributed by atoms with Gasteiger partial charge in [-0.15, -0.1) is 0 Å². The monoisotopic (exact) mass is 465 g/mol. The van der Waals surface area contributed by atoms with Gasteiger partial charge in [0.25, 0.3) is 0 Å². The summed E-state index contributed by atoms with van der Waals surface area (Å²) in [5.74, 6) is 2.53. The number of aromatic nitrogens is 3. The minimum Gasteiger partial charge on any atom is -0.454 e. The van der Waals surface area contributed by atoms with E-state index >= 15 is 0 Å². The number of nitrogens with one attached hydrogen (secondary N) is 1. The van der Waals surface area contributed by atoms with Crippen LogP contribution in [0.1, 0.15) is 17.5 Å². The van der Waals surface area contributed by atoms with E-state index < -0.39 is 0 Å². The molecule has 2 aromatic carbocycles. The molecular formula is C24H27N5O3S. The molecule has 0 saturated carbocycles. The van der Waals surface area contributed by atoms with E-state index in [2.05, 4.69) is 27.2 Å². The van der Waals surface area contributed by atoms with Gasteiger partial charge in [0.1, 0.15) is 0 Å². The van der Waals surface area contributed by atoms with Gasteiger partial charge in [0, 0.05) is 51.3 Å². The first-order valence-electron chi connectivity index (χ1n) is 11.2. The number of carbonyl (C=O) groups is 1. The predicted molar refractivity (Wildman–Crippen MR) is 127 cm³/mol. The molecule has 0 radical (unpaired) electrons. The number of piperazine rings is 1. The number of ether oxygens (including phenoxy) is 2. The van der Waals surface area contributed by atoms with E-state index in [0.717, 1.165) is 61.2 Å². The van der Waals surface area contributed by atoms with Gasteiger partial charge in [0.2, 0.25) is 12.7 Å². The number of carbonyl (C=O) groups excluding carboxylic acids is 1. The molecule has 0 unspecified atom stereocenters. The van der Waals surface area contributed by atoms with E-state index in [1.807, 2.05) is 46.7 Å². The van der Waals surface area contributed by atoms with E-state index in [4.69, 9.17) is 21.7 Å². The average molecular weight is 466 g/mol. The van der Waals surface area contributed by atoms with Crippen molar-refractivity contribution in [2.75, 3.05) is 33.0 Å². The Balaban J connectivity index is 1.15. The molecule has 2 aliphatic rings. The fourth-order valence-corrected chi connectivity index (χ4v) is 4.57. The number of nitrogens with zero attached hydrogens (tertiary/aromatic N) is 4. The van der Waals surface area contributed by atoms with Gasteiger partial charge < -0.3 is 14.4 Å². The number of benzene rings is 2. The summed E-state index contributed by atoms with van der Waals surface area (Å²) in [6.07, 6.45) is 0.398. The SMILES string of the molecule is Cc1cccc(-c2n[nH]c(=S)n2CCC(=O)N2CCN(Cc3ccc4c(c3)OCO4)CC2)c1.